The van der Waals surface area contributed by atoms with Crippen LogP contribution in [-0.4, -0.2) is 52.0 Å². The maximum Gasteiger partial charge on any atom is 0.180 e. The van der Waals surface area contributed by atoms with Gasteiger partial charge < -0.3 is 14.4 Å². The molecule has 1 spiro atoms. The molecule has 7 heteroatoms. The molecule has 5 rings (SSSR count). The van der Waals surface area contributed by atoms with Crippen LogP contribution < -0.4 is 4.90 Å². The predicted molar refractivity (Wildman–Crippen MR) is 105 cm³/mol. The number of piperidine rings is 1. The van der Waals surface area contributed by atoms with Gasteiger partial charge in [-0.25, -0.2) is 9.97 Å². The summed E-state index contributed by atoms with van der Waals surface area (Å²) in [7, 11) is 0. The van der Waals surface area contributed by atoms with Gasteiger partial charge in [-0.15, -0.1) is 0 Å². The molecule has 0 unspecified atom stereocenters. The zero-order valence-electron chi connectivity index (χ0n) is 15.5. The van der Waals surface area contributed by atoms with Gasteiger partial charge in [0, 0.05) is 56.2 Å². The third kappa shape index (κ3) is 3.34. The van der Waals surface area contributed by atoms with E-state index in [1.165, 1.54) is 0 Å². The topological polar surface area (TPSA) is 73.3 Å². The zero-order chi connectivity index (χ0) is 18.8. The molecule has 142 valence electrons. The largest absolute Gasteiger partial charge is 0.356 e. The average molecular weight is 375 g/mol. The van der Waals surface area contributed by atoms with Crippen LogP contribution in [0.25, 0.3) is 22.8 Å². The fourth-order valence-corrected chi connectivity index (χ4v) is 3.74. The first-order valence-corrected chi connectivity index (χ1v) is 9.55. The van der Waals surface area contributed by atoms with Gasteiger partial charge in [0.15, 0.2) is 11.6 Å². The van der Waals surface area contributed by atoms with Crippen LogP contribution in [0.5, 0.6) is 0 Å². The lowest BCUT2D eigenvalue weighted by atomic mass is 10.0. The molecule has 28 heavy (non-hydrogen) atoms. The molecule has 0 bridgehead atoms. The summed E-state index contributed by atoms with van der Waals surface area (Å²) in [4.78, 5) is 20.4. The highest BCUT2D eigenvalue weighted by atomic mass is 16.7. The Morgan fingerprint density at radius 2 is 1.64 bits per heavy atom. The Morgan fingerprint density at radius 3 is 2.36 bits per heavy atom. The summed E-state index contributed by atoms with van der Waals surface area (Å²) in [5.74, 6) is 1.12. The van der Waals surface area contributed by atoms with Crippen molar-refractivity contribution in [2.24, 2.45) is 0 Å². The van der Waals surface area contributed by atoms with E-state index in [0.717, 1.165) is 48.7 Å². The Balaban J connectivity index is 1.50. The average Bonchev–Trinajstić information content (AvgIpc) is 3.23. The summed E-state index contributed by atoms with van der Waals surface area (Å²) in [6.07, 6.45) is 6.98. The van der Waals surface area contributed by atoms with Gasteiger partial charge in [0.05, 0.1) is 18.9 Å². The molecule has 5 heterocycles. The van der Waals surface area contributed by atoms with Gasteiger partial charge in [-0.05, 0) is 24.3 Å². The molecular formula is C21H21N5O2. The number of hydrogen-bond donors (Lipinski definition) is 0. The van der Waals surface area contributed by atoms with Crippen LogP contribution in [-0.2, 0) is 9.47 Å². The van der Waals surface area contributed by atoms with Crippen LogP contribution in [0.2, 0.25) is 0 Å². The molecule has 0 N–H and O–H groups in total. The maximum atomic E-state index is 5.85. The quantitative estimate of drug-likeness (QED) is 0.697. The molecule has 2 aliphatic heterocycles. The van der Waals surface area contributed by atoms with Crippen molar-refractivity contribution >= 4 is 5.82 Å². The third-order valence-electron chi connectivity index (χ3n) is 5.25. The van der Waals surface area contributed by atoms with Gasteiger partial charge in [0.2, 0.25) is 0 Å². The van der Waals surface area contributed by atoms with Gasteiger partial charge in [0.1, 0.15) is 11.5 Å². The molecule has 0 atom stereocenters. The second-order valence-corrected chi connectivity index (χ2v) is 6.98. The van der Waals surface area contributed by atoms with Crippen molar-refractivity contribution in [3.05, 3.63) is 55.0 Å². The van der Waals surface area contributed by atoms with E-state index < -0.39 is 5.79 Å². The highest BCUT2D eigenvalue weighted by molar-refractivity contribution is 5.66. The Bertz CT molecular complexity index is 878. The smallest absolute Gasteiger partial charge is 0.180 e. The molecule has 2 fully saturated rings. The Hall–Kier alpha value is -2.90. The van der Waals surface area contributed by atoms with Gasteiger partial charge in [-0.1, -0.05) is 6.07 Å². The predicted octanol–water partition coefficient (Wildman–Crippen LogP) is 2.94. The molecule has 0 radical (unpaired) electrons. The first-order valence-electron chi connectivity index (χ1n) is 9.55. The molecule has 7 nitrogen and oxygen atoms in total. The first kappa shape index (κ1) is 17.2. The number of anilines is 1. The summed E-state index contributed by atoms with van der Waals surface area (Å²) < 4.78 is 11.7. The van der Waals surface area contributed by atoms with Crippen LogP contribution in [0.15, 0.2) is 55.0 Å². The fourth-order valence-electron chi connectivity index (χ4n) is 3.74. The monoisotopic (exact) mass is 375 g/mol. The Morgan fingerprint density at radius 1 is 0.857 bits per heavy atom. The lowest BCUT2D eigenvalue weighted by Crippen LogP contribution is -2.45. The molecule has 3 aromatic heterocycles. The summed E-state index contributed by atoms with van der Waals surface area (Å²) in [6.45, 7) is 3.02. The summed E-state index contributed by atoms with van der Waals surface area (Å²) in [5, 5.41) is 0. The van der Waals surface area contributed by atoms with E-state index in [9.17, 15) is 0 Å². The van der Waals surface area contributed by atoms with Crippen molar-refractivity contribution in [2.75, 3.05) is 31.2 Å². The van der Waals surface area contributed by atoms with Gasteiger partial charge >= 0.3 is 0 Å². The van der Waals surface area contributed by atoms with Crippen molar-refractivity contribution in [3.8, 4) is 22.8 Å². The standard InChI is InChI=1S/C21H21N5O2/c1-2-8-23-17(3-1)20-24-18(16-4-9-22-10-5-16)15-19(25-20)26-11-6-21(7-12-26)27-13-14-28-21/h1-5,8-10,15H,6-7,11-14H2. The van der Waals surface area contributed by atoms with Crippen molar-refractivity contribution < 1.29 is 9.47 Å². The minimum absolute atomic E-state index is 0.402. The van der Waals surface area contributed by atoms with Crippen molar-refractivity contribution in [2.45, 2.75) is 18.6 Å². The lowest BCUT2D eigenvalue weighted by molar-refractivity contribution is -0.169. The van der Waals surface area contributed by atoms with E-state index in [1.807, 2.05) is 36.4 Å². The molecule has 0 aliphatic carbocycles. The van der Waals surface area contributed by atoms with Crippen LogP contribution in [0, 0.1) is 0 Å². The second kappa shape index (κ2) is 7.26. The van der Waals surface area contributed by atoms with Crippen LogP contribution in [0.4, 0.5) is 5.82 Å². The molecule has 3 aromatic rings. The van der Waals surface area contributed by atoms with Crippen LogP contribution in [0.1, 0.15) is 12.8 Å². The van der Waals surface area contributed by atoms with Crippen LogP contribution in [0.3, 0.4) is 0 Å². The van der Waals surface area contributed by atoms with E-state index in [4.69, 9.17) is 19.4 Å². The Labute approximate surface area is 163 Å². The highest BCUT2D eigenvalue weighted by Gasteiger charge is 2.40. The highest BCUT2D eigenvalue weighted by Crippen LogP contribution is 2.34. The SMILES string of the molecule is c1ccc(-c2nc(-c3ccncc3)cc(N3CCC4(CC3)OCCO4)n2)nc1. The fraction of sp³-hybridized carbons (Fsp3) is 0.333. The van der Waals surface area contributed by atoms with Gasteiger partial charge in [-0.2, -0.15) is 0 Å². The number of rotatable bonds is 3. The zero-order valence-corrected chi connectivity index (χ0v) is 15.5. The Kier molecular flexibility index (Phi) is 4.46. The number of pyridine rings is 2. The summed E-state index contributed by atoms with van der Waals surface area (Å²) in [6, 6.07) is 11.7. The number of nitrogens with zero attached hydrogens (tertiary/aromatic N) is 5. The normalized spacial score (nSPS) is 18.5. The number of aromatic nitrogens is 4. The van der Waals surface area contributed by atoms with Gasteiger partial charge in [-0.3, -0.25) is 9.97 Å². The van der Waals surface area contributed by atoms with Crippen molar-refractivity contribution in [3.63, 3.8) is 0 Å². The summed E-state index contributed by atoms with van der Waals surface area (Å²) in [5.41, 5.74) is 2.63. The molecule has 0 saturated carbocycles. The molecular weight excluding hydrogens is 354 g/mol. The van der Waals surface area contributed by atoms with Crippen molar-refractivity contribution in [1.82, 2.24) is 19.9 Å². The molecule has 0 aromatic carbocycles. The van der Waals surface area contributed by atoms with E-state index in [2.05, 4.69) is 14.9 Å². The lowest BCUT2D eigenvalue weighted by Gasteiger charge is -2.38. The minimum Gasteiger partial charge on any atom is -0.356 e. The number of hydrogen-bond acceptors (Lipinski definition) is 7. The summed E-state index contributed by atoms with van der Waals surface area (Å²) >= 11 is 0. The van der Waals surface area contributed by atoms with E-state index in [1.54, 1.807) is 18.6 Å². The minimum atomic E-state index is -0.402. The van der Waals surface area contributed by atoms with Gasteiger partial charge in [0.25, 0.3) is 0 Å². The number of ether oxygens (including phenoxy) is 2. The molecule has 2 aliphatic rings. The third-order valence-corrected chi connectivity index (χ3v) is 5.25. The molecule has 0 amide bonds. The van der Waals surface area contributed by atoms with Crippen molar-refractivity contribution in [1.29, 1.82) is 0 Å². The molecule has 2 saturated heterocycles. The van der Waals surface area contributed by atoms with Crippen LogP contribution >= 0.6 is 0 Å². The van der Waals surface area contributed by atoms with E-state index in [-0.39, 0.29) is 0 Å². The van der Waals surface area contributed by atoms with E-state index in [0.29, 0.717) is 19.0 Å². The second-order valence-electron chi connectivity index (χ2n) is 6.98. The first-order chi connectivity index (χ1) is 13.8. The van der Waals surface area contributed by atoms with E-state index >= 15 is 0 Å². The maximum absolute atomic E-state index is 5.85.